The number of benzene rings is 2. The second kappa shape index (κ2) is 6.45. The van der Waals surface area contributed by atoms with Gasteiger partial charge in [-0.25, -0.2) is 0 Å². The number of fused-ring (bicyclic) bond motifs is 3. The third-order valence-corrected chi connectivity index (χ3v) is 5.70. The maximum atomic E-state index is 5.46. The van der Waals surface area contributed by atoms with Crippen molar-refractivity contribution < 1.29 is 4.74 Å². The van der Waals surface area contributed by atoms with Crippen molar-refractivity contribution >= 4 is 16.6 Å². The second-order valence-electron chi connectivity index (χ2n) is 7.46. The summed E-state index contributed by atoms with van der Waals surface area (Å²) in [6.45, 7) is 5.87. The molecular weight excluding hydrogens is 322 g/mol. The lowest BCUT2D eigenvalue weighted by Gasteiger charge is -2.31. The van der Waals surface area contributed by atoms with Crippen LogP contribution in [0.2, 0.25) is 0 Å². The third kappa shape index (κ3) is 2.70. The molecule has 2 aliphatic heterocycles. The highest BCUT2D eigenvalue weighted by molar-refractivity contribution is 5.85. The first kappa shape index (κ1) is 15.9. The summed E-state index contributed by atoms with van der Waals surface area (Å²) in [5.41, 5.74) is 6.64. The molecule has 134 valence electrons. The van der Waals surface area contributed by atoms with Crippen LogP contribution in [-0.4, -0.2) is 37.3 Å². The Labute approximate surface area is 154 Å². The first-order chi connectivity index (χ1) is 12.8. The second-order valence-corrected chi connectivity index (χ2v) is 7.46. The third-order valence-electron chi connectivity index (χ3n) is 5.70. The van der Waals surface area contributed by atoms with Gasteiger partial charge in [0, 0.05) is 41.4 Å². The molecule has 2 N–H and O–H groups in total. The summed E-state index contributed by atoms with van der Waals surface area (Å²) in [4.78, 5) is 6.08. The molecule has 0 bridgehead atoms. The van der Waals surface area contributed by atoms with Crippen LogP contribution in [0.3, 0.4) is 0 Å². The zero-order chi connectivity index (χ0) is 17.5. The number of H-pyrrole nitrogens is 1. The van der Waals surface area contributed by atoms with E-state index in [1.54, 1.807) is 0 Å². The molecule has 4 heteroatoms. The first-order valence-electron chi connectivity index (χ1n) is 9.58. The highest BCUT2D eigenvalue weighted by Crippen LogP contribution is 2.35. The Hall–Kier alpha value is -2.30. The molecule has 3 heterocycles. The molecule has 4 nitrogen and oxygen atoms in total. The van der Waals surface area contributed by atoms with Crippen molar-refractivity contribution in [3.05, 3.63) is 65.4 Å². The van der Waals surface area contributed by atoms with E-state index in [9.17, 15) is 0 Å². The molecule has 2 aliphatic rings. The van der Waals surface area contributed by atoms with Crippen LogP contribution < -0.4 is 10.2 Å². The molecule has 26 heavy (non-hydrogen) atoms. The average Bonchev–Trinajstić information content (AvgIpc) is 3.07. The van der Waals surface area contributed by atoms with Crippen molar-refractivity contribution in [1.29, 1.82) is 0 Å². The minimum Gasteiger partial charge on any atom is -0.378 e. The number of morpholine rings is 1. The summed E-state index contributed by atoms with van der Waals surface area (Å²) >= 11 is 0. The highest BCUT2D eigenvalue weighted by atomic mass is 16.5. The van der Waals surface area contributed by atoms with Crippen LogP contribution in [0.1, 0.15) is 29.8 Å². The van der Waals surface area contributed by atoms with Crippen molar-refractivity contribution in [3.8, 4) is 0 Å². The summed E-state index contributed by atoms with van der Waals surface area (Å²) in [7, 11) is 0. The fourth-order valence-corrected chi connectivity index (χ4v) is 4.38. The quantitative estimate of drug-likeness (QED) is 0.744. The Morgan fingerprint density at radius 2 is 1.77 bits per heavy atom. The molecule has 1 aromatic heterocycles. The van der Waals surface area contributed by atoms with Crippen molar-refractivity contribution in [2.75, 3.05) is 31.2 Å². The van der Waals surface area contributed by atoms with Gasteiger partial charge in [0.25, 0.3) is 0 Å². The molecule has 2 atom stereocenters. The summed E-state index contributed by atoms with van der Waals surface area (Å²) in [5.74, 6) is 0. The van der Waals surface area contributed by atoms with Crippen LogP contribution in [0.15, 0.2) is 48.5 Å². The predicted octanol–water partition coefficient (Wildman–Crippen LogP) is 3.63. The maximum Gasteiger partial charge on any atom is 0.0734 e. The van der Waals surface area contributed by atoms with Crippen molar-refractivity contribution in [1.82, 2.24) is 10.3 Å². The molecule has 0 spiro atoms. The molecule has 0 saturated carbocycles. The highest BCUT2D eigenvalue weighted by Gasteiger charge is 2.28. The van der Waals surface area contributed by atoms with Crippen LogP contribution in [0.4, 0.5) is 5.69 Å². The van der Waals surface area contributed by atoms with Gasteiger partial charge in [0.2, 0.25) is 0 Å². The Morgan fingerprint density at radius 3 is 2.58 bits per heavy atom. The smallest absolute Gasteiger partial charge is 0.0734 e. The number of para-hydroxylation sites is 1. The van der Waals surface area contributed by atoms with Crippen LogP contribution >= 0.6 is 0 Å². The van der Waals surface area contributed by atoms with Crippen LogP contribution in [0.5, 0.6) is 0 Å². The maximum absolute atomic E-state index is 5.46. The Morgan fingerprint density at radius 1 is 1.00 bits per heavy atom. The van der Waals surface area contributed by atoms with E-state index in [2.05, 4.69) is 70.7 Å². The Balaban J connectivity index is 1.50. The van der Waals surface area contributed by atoms with Gasteiger partial charge in [-0.2, -0.15) is 0 Å². The first-order valence-corrected chi connectivity index (χ1v) is 9.58. The molecule has 0 radical (unpaired) electrons. The standard InChI is InChI=1S/C22H25N3O/c1-15-14-19-18-4-2-3-5-20(18)24-22(19)21(23-15)16-6-8-17(9-7-16)25-10-12-26-13-11-25/h2-9,15,21,23-24H,10-14H2,1H3/t15-,21?/m0/s1. The van der Waals surface area contributed by atoms with Crippen molar-refractivity contribution in [2.45, 2.75) is 25.4 Å². The number of rotatable bonds is 2. The van der Waals surface area contributed by atoms with Gasteiger partial charge in [-0.05, 0) is 42.7 Å². The van der Waals surface area contributed by atoms with E-state index in [1.165, 1.54) is 33.4 Å². The van der Waals surface area contributed by atoms with E-state index in [4.69, 9.17) is 4.74 Å². The molecule has 1 unspecified atom stereocenters. The molecule has 2 aromatic carbocycles. The number of anilines is 1. The van der Waals surface area contributed by atoms with Crippen LogP contribution in [-0.2, 0) is 11.2 Å². The van der Waals surface area contributed by atoms with Gasteiger partial charge in [-0.15, -0.1) is 0 Å². The van der Waals surface area contributed by atoms with Gasteiger partial charge in [-0.1, -0.05) is 30.3 Å². The SMILES string of the molecule is C[C@H]1Cc2c([nH]c3ccccc23)C(c2ccc(N3CCOCC3)cc2)N1. The molecule has 3 aromatic rings. The molecule has 5 rings (SSSR count). The monoisotopic (exact) mass is 347 g/mol. The van der Waals surface area contributed by atoms with E-state index in [0.29, 0.717) is 6.04 Å². The van der Waals surface area contributed by atoms with Crippen molar-refractivity contribution in [3.63, 3.8) is 0 Å². The van der Waals surface area contributed by atoms with Gasteiger partial charge in [0.15, 0.2) is 0 Å². The van der Waals surface area contributed by atoms with E-state index in [-0.39, 0.29) is 6.04 Å². The lowest BCUT2D eigenvalue weighted by Crippen LogP contribution is -2.38. The molecular formula is C22H25N3O. The lowest BCUT2D eigenvalue weighted by molar-refractivity contribution is 0.122. The van der Waals surface area contributed by atoms with Crippen LogP contribution in [0.25, 0.3) is 10.9 Å². The number of aromatic nitrogens is 1. The van der Waals surface area contributed by atoms with E-state index in [0.717, 1.165) is 32.7 Å². The van der Waals surface area contributed by atoms with E-state index >= 15 is 0 Å². The normalized spacial score (nSPS) is 23.2. The van der Waals surface area contributed by atoms with Crippen molar-refractivity contribution in [2.24, 2.45) is 0 Å². The Kier molecular flexibility index (Phi) is 3.95. The summed E-state index contributed by atoms with van der Waals surface area (Å²) in [5, 5.41) is 5.15. The molecule has 1 fully saturated rings. The number of nitrogens with one attached hydrogen (secondary N) is 2. The number of hydrogen-bond donors (Lipinski definition) is 2. The van der Waals surface area contributed by atoms with Gasteiger partial charge < -0.3 is 19.9 Å². The van der Waals surface area contributed by atoms with Gasteiger partial charge in [0.05, 0.1) is 19.3 Å². The minimum atomic E-state index is 0.222. The van der Waals surface area contributed by atoms with Gasteiger partial charge >= 0.3 is 0 Å². The topological polar surface area (TPSA) is 40.3 Å². The fourth-order valence-electron chi connectivity index (χ4n) is 4.38. The van der Waals surface area contributed by atoms with Crippen LogP contribution in [0, 0.1) is 0 Å². The predicted molar refractivity (Wildman–Crippen MR) is 106 cm³/mol. The van der Waals surface area contributed by atoms with Gasteiger partial charge in [-0.3, -0.25) is 0 Å². The Bertz CT molecular complexity index is 909. The number of aromatic amines is 1. The van der Waals surface area contributed by atoms with E-state index < -0.39 is 0 Å². The molecule has 1 saturated heterocycles. The molecule has 0 amide bonds. The molecule has 0 aliphatic carbocycles. The largest absolute Gasteiger partial charge is 0.378 e. The number of ether oxygens (including phenoxy) is 1. The summed E-state index contributed by atoms with van der Waals surface area (Å²) < 4.78 is 5.46. The zero-order valence-electron chi connectivity index (χ0n) is 15.2. The average molecular weight is 347 g/mol. The lowest BCUT2D eigenvalue weighted by atomic mass is 9.91. The number of nitrogens with zero attached hydrogens (tertiary/aromatic N) is 1. The van der Waals surface area contributed by atoms with E-state index in [1.807, 2.05) is 0 Å². The zero-order valence-corrected chi connectivity index (χ0v) is 15.2. The number of hydrogen-bond acceptors (Lipinski definition) is 3. The minimum absolute atomic E-state index is 0.222. The summed E-state index contributed by atoms with van der Waals surface area (Å²) in [6.07, 6.45) is 1.07. The van der Waals surface area contributed by atoms with Gasteiger partial charge in [0.1, 0.15) is 0 Å². The summed E-state index contributed by atoms with van der Waals surface area (Å²) in [6, 6.07) is 18.4. The fraction of sp³-hybridized carbons (Fsp3) is 0.364.